The number of nitrogens with one attached hydrogen (secondary N) is 1. The quantitative estimate of drug-likeness (QED) is 0.338. The van der Waals surface area contributed by atoms with E-state index < -0.39 is 11.6 Å². The third kappa shape index (κ3) is 8.90. The molecule has 0 spiro atoms. The Hall–Kier alpha value is -2.44. The van der Waals surface area contributed by atoms with Crippen molar-refractivity contribution in [1.82, 2.24) is 10.2 Å². The van der Waals surface area contributed by atoms with E-state index in [0.717, 1.165) is 11.1 Å². The molecule has 6 nitrogen and oxygen atoms in total. The Morgan fingerprint density at radius 3 is 2.14 bits per heavy atom. The molecule has 0 saturated carbocycles. The van der Waals surface area contributed by atoms with Gasteiger partial charge in [0.1, 0.15) is 6.04 Å². The number of aryl methyl sites for hydroxylation is 1. The lowest BCUT2D eigenvalue weighted by Crippen LogP contribution is -2.53. The molecule has 0 heterocycles. The highest BCUT2D eigenvalue weighted by Gasteiger charge is 2.30. The van der Waals surface area contributed by atoms with Gasteiger partial charge in [-0.15, -0.1) is 0 Å². The molecule has 36 heavy (non-hydrogen) atoms. The third-order valence-electron chi connectivity index (χ3n) is 5.46. The van der Waals surface area contributed by atoms with Gasteiger partial charge in [-0.1, -0.05) is 42.3 Å². The van der Waals surface area contributed by atoms with Gasteiger partial charge in [0.15, 0.2) is 11.5 Å². The second kappa shape index (κ2) is 13.8. The largest absolute Gasteiger partial charge is 0.490 e. The summed E-state index contributed by atoms with van der Waals surface area (Å²) in [5.74, 6) is 1.04. The van der Waals surface area contributed by atoms with Crippen LogP contribution >= 0.6 is 23.2 Å². The molecule has 0 saturated heterocycles. The highest BCUT2D eigenvalue weighted by molar-refractivity contribution is 6.42. The number of hydrogen-bond donors (Lipinski definition) is 1. The first kappa shape index (κ1) is 29.8. The topological polar surface area (TPSA) is 67.9 Å². The molecule has 2 aromatic carbocycles. The van der Waals surface area contributed by atoms with Crippen molar-refractivity contribution in [2.24, 2.45) is 0 Å². The van der Waals surface area contributed by atoms with Crippen LogP contribution in [0.15, 0.2) is 36.4 Å². The van der Waals surface area contributed by atoms with Crippen molar-refractivity contribution in [2.45, 2.75) is 78.9 Å². The van der Waals surface area contributed by atoms with Gasteiger partial charge in [0.25, 0.3) is 0 Å². The van der Waals surface area contributed by atoms with Crippen molar-refractivity contribution >= 4 is 35.0 Å². The second-order valence-corrected chi connectivity index (χ2v) is 10.4. The normalized spacial score (nSPS) is 12.1. The maximum atomic E-state index is 13.6. The fraction of sp³-hybridized carbons (Fsp3) is 0.500. The van der Waals surface area contributed by atoms with Crippen LogP contribution in [0.2, 0.25) is 10.0 Å². The van der Waals surface area contributed by atoms with Crippen molar-refractivity contribution in [2.75, 3.05) is 13.2 Å². The Labute approximate surface area is 225 Å². The first-order chi connectivity index (χ1) is 17.0. The molecular formula is C28H38Cl2N2O4. The number of carbonyl (C=O) groups excluding carboxylic acids is 2. The summed E-state index contributed by atoms with van der Waals surface area (Å²) in [5, 5.41) is 3.86. The number of benzene rings is 2. The Kier molecular flexibility index (Phi) is 11.4. The van der Waals surface area contributed by atoms with E-state index in [1.54, 1.807) is 17.0 Å². The summed E-state index contributed by atoms with van der Waals surface area (Å²) in [6.45, 7) is 12.8. The van der Waals surface area contributed by atoms with Crippen molar-refractivity contribution in [1.29, 1.82) is 0 Å². The summed E-state index contributed by atoms with van der Waals surface area (Å²) < 4.78 is 11.4. The Morgan fingerprint density at radius 1 is 0.917 bits per heavy atom. The molecule has 2 amide bonds. The minimum absolute atomic E-state index is 0.121. The first-order valence-corrected chi connectivity index (χ1v) is 13.2. The molecule has 0 bridgehead atoms. The minimum atomic E-state index is -0.620. The average molecular weight is 538 g/mol. The standard InChI is InChI=1S/C28H38Cl2N2O4/c1-7-23(27(34)31-28(4,5)6)32(18-20-10-13-21(29)22(30)16-20)26(33)15-12-19-11-14-24(35-8-2)25(17-19)36-9-3/h10-11,13-14,16-17,23H,7-9,12,15,18H2,1-6H3,(H,31,34). The minimum Gasteiger partial charge on any atom is -0.490 e. The van der Waals surface area contributed by atoms with Gasteiger partial charge in [-0.3, -0.25) is 9.59 Å². The van der Waals surface area contributed by atoms with E-state index >= 15 is 0 Å². The molecule has 1 atom stereocenters. The molecule has 198 valence electrons. The molecule has 0 radical (unpaired) electrons. The van der Waals surface area contributed by atoms with Gasteiger partial charge in [-0.05, 0) is 82.9 Å². The predicted molar refractivity (Wildman–Crippen MR) is 146 cm³/mol. The number of carbonyl (C=O) groups is 2. The zero-order valence-electron chi connectivity index (χ0n) is 22.1. The van der Waals surface area contributed by atoms with E-state index in [1.807, 2.05) is 65.8 Å². The highest BCUT2D eigenvalue weighted by Crippen LogP contribution is 2.29. The SMILES string of the molecule is CCOc1ccc(CCC(=O)N(Cc2ccc(Cl)c(Cl)c2)C(CC)C(=O)NC(C)(C)C)cc1OCC. The van der Waals surface area contributed by atoms with Crippen LogP contribution in [-0.4, -0.2) is 41.5 Å². The van der Waals surface area contributed by atoms with Gasteiger partial charge in [0.2, 0.25) is 11.8 Å². The Morgan fingerprint density at radius 2 is 1.56 bits per heavy atom. The van der Waals surface area contributed by atoms with E-state index in [-0.39, 0.29) is 24.8 Å². The van der Waals surface area contributed by atoms with Crippen LogP contribution in [0.3, 0.4) is 0 Å². The fourth-order valence-electron chi connectivity index (χ4n) is 3.85. The van der Waals surface area contributed by atoms with E-state index in [1.165, 1.54) is 0 Å². The van der Waals surface area contributed by atoms with Gasteiger partial charge in [0, 0.05) is 18.5 Å². The van der Waals surface area contributed by atoms with Gasteiger partial charge >= 0.3 is 0 Å². The fourth-order valence-corrected chi connectivity index (χ4v) is 4.17. The number of halogens is 2. The molecule has 0 aromatic heterocycles. The lowest BCUT2D eigenvalue weighted by molar-refractivity contribution is -0.142. The second-order valence-electron chi connectivity index (χ2n) is 9.58. The summed E-state index contributed by atoms with van der Waals surface area (Å²) >= 11 is 12.3. The van der Waals surface area contributed by atoms with Crippen molar-refractivity contribution in [3.05, 3.63) is 57.6 Å². The van der Waals surface area contributed by atoms with Crippen LogP contribution in [0, 0.1) is 0 Å². The highest BCUT2D eigenvalue weighted by atomic mass is 35.5. The smallest absolute Gasteiger partial charge is 0.243 e. The lowest BCUT2D eigenvalue weighted by atomic mass is 10.0. The van der Waals surface area contributed by atoms with Crippen LogP contribution in [-0.2, 0) is 22.6 Å². The Bertz CT molecular complexity index is 1040. The molecule has 0 aliphatic heterocycles. The number of nitrogens with zero attached hydrogens (tertiary/aromatic N) is 1. The monoisotopic (exact) mass is 536 g/mol. The summed E-state index contributed by atoms with van der Waals surface area (Å²) in [6.07, 6.45) is 1.22. The van der Waals surface area contributed by atoms with Gasteiger partial charge in [-0.2, -0.15) is 0 Å². The van der Waals surface area contributed by atoms with Crippen LogP contribution < -0.4 is 14.8 Å². The summed E-state index contributed by atoms with van der Waals surface area (Å²) in [5.41, 5.74) is 1.34. The van der Waals surface area contributed by atoms with E-state index in [2.05, 4.69) is 5.32 Å². The van der Waals surface area contributed by atoms with Gasteiger partial charge in [0.05, 0.1) is 23.3 Å². The van der Waals surface area contributed by atoms with E-state index in [9.17, 15) is 9.59 Å². The molecule has 1 unspecified atom stereocenters. The van der Waals surface area contributed by atoms with Crippen LogP contribution in [0.25, 0.3) is 0 Å². The molecule has 2 aromatic rings. The molecule has 0 aliphatic rings. The average Bonchev–Trinajstić information content (AvgIpc) is 2.80. The molecule has 0 aliphatic carbocycles. The van der Waals surface area contributed by atoms with Crippen LogP contribution in [0.4, 0.5) is 0 Å². The third-order valence-corrected chi connectivity index (χ3v) is 6.20. The molecular weight excluding hydrogens is 499 g/mol. The number of rotatable bonds is 12. The number of hydrogen-bond acceptors (Lipinski definition) is 4. The van der Waals surface area contributed by atoms with Crippen molar-refractivity contribution in [3.8, 4) is 11.5 Å². The summed E-state index contributed by atoms with van der Waals surface area (Å²) in [7, 11) is 0. The first-order valence-electron chi connectivity index (χ1n) is 12.4. The molecule has 2 rings (SSSR count). The predicted octanol–water partition coefficient (Wildman–Crippen LogP) is 6.45. The molecule has 8 heteroatoms. The molecule has 1 N–H and O–H groups in total. The van der Waals surface area contributed by atoms with Gasteiger partial charge in [-0.25, -0.2) is 0 Å². The zero-order valence-corrected chi connectivity index (χ0v) is 23.6. The van der Waals surface area contributed by atoms with E-state index in [0.29, 0.717) is 47.6 Å². The maximum absolute atomic E-state index is 13.6. The van der Waals surface area contributed by atoms with Crippen LogP contribution in [0.5, 0.6) is 11.5 Å². The Balaban J connectivity index is 2.28. The van der Waals surface area contributed by atoms with E-state index in [4.69, 9.17) is 32.7 Å². The summed E-state index contributed by atoms with van der Waals surface area (Å²) in [6, 6.07) is 10.4. The molecule has 0 fully saturated rings. The number of amides is 2. The maximum Gasteiger partial charge on any atom is 0.243 e. The number of ether oxygens (including phenoxy) is 2. The van der Waals surface area contributed by atoms with Crippen molar-refractivity contribution < 1.29 is 19.1 Å². The lowest BCUT2D eigenvalue weighted by Gasteiger charge is -2.33. The van der Waals surface area contributed by atoms with Gasteiger partial charge < -0.3 is 19.7 Å². The van der Waals surface area contributed by atoms with Crippen LogP contribution in [0.1, 0.15) is 65.5 Å². The van der Waals surface area contributed by atoms with Crippen molar-refractivity contribution in [3.63, 3.8) is 0 Å². The summed E-state index contributed by atoms with van der Waals surface area (Å²) in [4.78, 5) is 28.3. The zero-order chi connectivity index (χ0) is 26.9.